The van der Waals surface area contributed by atoms with E-state index < -0.39 is 74.8 Å². The third-order valence-electron chi connectivity index (χ3n) is 6.45. The fourth-order valence-electron chi connectivity index (χ4n) is 4.49. The first-order chi connectivity index (χ1) is 18.4. The number of ether oxygens (including phenoxy) is 2. The lowest BCUT2D eigenvalue weighted by atomic mass is 10.1. The minimum absolute atomic E-state index is 0.0303. The molecule has 2 saturated heterocycles. The van der Waals surface area contributed by atoms with E-state index in [9.17, 15) is 39.8 Å². The van der Waals surface area contributed by atoms with E-state index in [0.717, 1.165) is 17.1 Å². The number of anilines is 2. The van der Waals surface area contributed by atoms with Gasteiger partial charge in [-0.2, -0.15) is 4.98 Å². The van der Waals surface area contributed by atoms with Crippen molar-refractivity contribution < 1.29 is 49.0 Å². The number of hydrogen-bond acceptors (Lipinski definition) is 16. The first-order valence-electron chi connectivity index (χ1n) is 11.4. The summed E-state index contributed by atoms with van der Waals surface area (Å²) < 4.78 is 31.3. The fourth-order valence-corrected chi connectivity index (χ4v) is 5.84. The number of aromatic nitrogens is 6. The van der Waals surface area contributed by atoms with E-state index in [1.54, 1.807) is 0 Å². The van der Waals surface area contributed by atoms with Crippen LogP contribution in [0.25, 0.3) is 11.2 Å². The minimum atomic E-state index is -5.22. The second kappa shape index (κ2) is 10.1. The van der Waals surface area contributed by atoms with Gasteiger partial charge in [-0.3, -0.25) is 18.2 Å². The Labute approximate surface area is 217 Å². The van der Waals surface area contributed by atoms with Gasteiger partial charge in [0.15, 0.2) is 29.8 Å². The van der Waals surface area contributed by atoms with E-state index in [0.29, 0.717) is 0 Å². The van der Waals surface area contributed by atoms with Gasteiger partial charge in [-0.1, -0.05) is 0 Å². The Kier molecular flexibility index (Phi) is 7.14. The summed E-state index contributed by atoms with van der Waals surface area (Å²) >= 11 is 0. The van der Waals surface area contributed by atoms with E-state index in [1.165, 1.54) is 17.0 Å². The quantitative estimate of drug-likeness (QED) is 0.125. The second-order valence-corrected chi connectivity index (χ2v) is 10.8. The van der Waals surface area contributed by atoms with Crippen LogP contribution in [0.3, 0.4) is 0 Å². The van der Waals surface area contributed by atoms with Crippen LogP contribution in [-0.4, -0.2) is 109 Å². The second-order valence-electron chi connectivity index (χ2n) is 8.88. The van der Waals surface area contributed by atoms with Gasteiger partial charge in [0.2, 0.25) is 0 Å². The van der Waals surface area contributed by atoms with Gasteiger partial charge in [0, 0.05) is 6.20 Å². The van der Waals surface area contributed by atoms with Crippen LogP contribution in [0.4, 0.5) is 11.6 Å². The van der Waals surface area contributed by atoms with Gasteiger partial charge in [0.1, 0.15) is 54.3 Å². The van der Waals surface area contributed by atoms with Crippen molar-refractivity contribution in [3.05, 3.63) is 35.4 Å². The SMILES string of the molecule is Nc1ccn([C@@H]2O[C@H](CO)[C@@H](OP(=O)(O)C(O)[C@H]3O[C@@H](n4cnc5c(N)ncnc54)[C@H](O)[C@@H]3O)[C@H]2O)c(=O)n1. The monoisotopic (exact) mass is 572 g/mol. The summed E-state index contributed by atoms with van der Waals surface area (Å²) in [5.41, 5.74) is 10.6. The number of hydrogen-bond donors (Lipinski definition) is 8. The molecule has 10 atom stereocenters. The van der Waals surface area contributed by atoms with Crippen molar-refractivity contribution in [2.45, 2.75) is 54.9 Å². The van der Waals surface area contributed by atoms with Gasteiger partial charge in [-0.05, 0) is 6.07 Å². The summed E-state index contributed by atoms with van der Waals surface area (Å²) in [6, 6.07) is 1.24. The standard InChI is InChI=1S/C19H25N8O11P/c20-7-1-2-26(19(33)25-7)17-11(31)12(6(3-28)36-17)38-39(34,35)18(32)13-9(29)10(30)16(37-13)27-5-24-8-14(21)22-4-23-15(8)27/h1-2,4-6,9-13,16-18,28-32H,3H2,(H,34,35)(H2,20,25,33)(H2,21,22,23)/t6-,9+,10-,11-,12-,13+,16-,17-,18?/m1/s1. The van der Waals surface area contributed by atoms with Crippen LogP contribution in [0.2, 0.25) is 0 Å². The van der Waals surface area contributed by atoms with Crippen molar-refractivity contribution in [2.24, 2.45) is 0 Å². The zero-order valence-electron chi connectivity index (χ0n) is 19.7. The molecule has 19 nitrogen and oxygen atoms in total. The highest BCUT2D eigenvalue weighted by Crippen LogP contribution is 2.54. The smallest absolute Gasteiger partial charge is 0.359 e. The molecule has 39 heavy (non-hydrogen) atoms. The molecule has 3 aromatic heterocycles. The zero-order chi connectivity index (χ0) is 28.2. The highest BCUT2D eigenvalue weighted by molar-refractivity contribution is 7.53. The molecule has 0 spiro atoms. The molecule has 212 valence electrons. The molecule has 0 bridgehead atoms. The van der Waals surface area contributed by atoms with Gasteiger partial charge >= 0.3 is 13.3 Å². The molecule has 10 N–H and O–H groups in total. The number of nitrogens with zero attached hydrogens (tertiary/aromatic N) is 6. The van der Waals surface area contributed by atoms with Gasteiger partial charge in [0.05, 0.1) is 12.9 Å². The number of aliphatic hydroxyl groups excluding tert-OH is 5. The van der Waals surface area contributed by atoms with Crippen molar-refractivity contribution in [3.63, 3.8) is 0 Å². The lowest BCUT2D eigenvalue weighted by molar-refractivity contribution is -0.0722. The zero-order valence-corrected chi connectivity index (χ0v) is 20.6. The molecular weight excluding hydrogens is 547 g/mol. The molecular formula is C19H25N8O11P. The van der Waals surface area contributed by atoms with Gasteiger partial charge in [-0.15, -0.1) is 0 Å². The van der Waals surface area contributed by atoms with Crippen molar-refractivity contribution in [3.8, 4) is 0 Å². The summed E-state index contributed by atoms with van der Waals surface area (Å²) in [4.78, 5) is 38.1. The normalized spacial score (nSPS) is 33.4. The highest BCUT2D eigenvalue weighted by Gasteiger charge is 2.55. The van der Waals surface area contributed by atoms with Crippen LogP contribution in [-0.2, 0) is 18.6 Å². The molecule has 5 heterocycles. The Bertz CT molecular complexity index is 1470. The molecule has 0 radical (unpaired) electrons. The highest BCUT2D eigenvalue weighted by atomic mass is 31.2. The van der Waals surface area contributed by atoms with Crippen molar-refractivity contribution in [2.75, 3.05) is 18.1 Å². The van der Waals surface area contributed by atoms with Crippen LogP contribution in [0.5, 0.6) is 0 Å². The Balaban J connectivity index is 1.36. The van der Waals surface area contributed by atoms with E-state index in [4.69, 9.17) is 25.5 Å². The number of rotatable bonds is 7. The Hall–Kier alpha value is -3.10. The van der Waals surface area contributed by atoms with E-state index in [1.807, 2.05) is 0 Å². The summed E-state index contributed by atoms with van der Waals surface area (Å²) in [5.74, 6) is -2.52. The Morgan fingerprint density at radius 1 is 1.08 bits per heavy atom. The Morgan fingerprint density at radius 2 is 1.79 bits per heavy atom. The number of nitrogen functional groups attached to an aromatic ring is 2. The molecule has 0 amide bonds. The Morgan fingerprint density at radius 3 is 2.49 bits per heavy atom. The third kappa shape index (κ3) is 4.67. The first kappa shape index (κ1) is 27.5. The summed E-state index contributed by atoms with van der Waals surface area (Å²) in [7, 11) is -5.22. The fraction of sp³-hybridized carbons (Fsp3) is 0.526. The maximum atomic E-state index is 13.1. The average Bonchev–Trinajstić information content (AvgIpc) is 3.54. The van der Waals surface area contributed by atoms with Gasteiger partial charge < -0.3 is 51.4 Å². The topological polar surface area (TPSA) is 297 Å². The molecule has 2 aliphatic heterocycles. The van der Waals surface area contributed by atoms with Crippen molar-refractivity contribution in [1.82, 2.24) is 29.1 Å². The predicted octanol–water partition coefficient (Wildman–Crippen LogP) is -3.99. The molecule has 5 rings (SSSR count). The molecule has 0 aromatic carbocycles. The van der Waals surface area contributed by atoms with Crippen molar-refractivity contribution >= 4 is 30.4 Å². The van der Waals surface area contributed by atoms with Crippen molar-refractivity contribution in [1.29, 1.82) is 0 Å². The molecule has 2 unspecified atom stereocenters. The molecule has 0 aliphatic carbocycles. The number of fused-ring (bicyclic) bond motifs is 1. The van der Waals surface area contributed by atoms with E-state index >= 15 is 0 Å². The molecule has 20 heteroatoms. The van der Waals surface area contributed by atoms with Crippen LogP contribution < -0.4 is 17.2 Å². The third-order valence-corrected chi connectivity index (χ3v) is 7.96. The average molecular weight is 572 g/mol. The van der Waals surface area contributed by atoms with Crippen LogP contribution in [0.15, 0.2) is 29.7 Å². The van der Waals surface area contributed by atoms with Gasteiger partial charge in [-0.25, -0.2) is 19.7 Å². The minimum Gasteiger partial charge on any atom is -0.394 e. The predicted molar refractivity (Wildman–Crippen MR) is 126 cm³/mol. The van der Waals surface area contributed by atoms with Crippen LogP contribution in [0, 0.1) is 0 Å². The molecule has 3 aromatic rings. The van der Waals surface area contributed by atoms with E-state index in [2.05, 4.69) is 19.9 Å². The number of imidazole rings is 1. The summed E-state index contributed by atoms with van der Waals surface area (Å²) in [5, 5.41) is 52.3. The number of nitrogens with two attached hydrogens (primary N) is 2. The van der Waals surface area contributed by atoms with E-state index in [-0.39, 0.29) is 22.8 Å². The summed E-state index contributed by atoms with van der Waals surface area (Å²) in [6.07, 6.45) is -9.87. The lowest BCUT2D eigenvalue weighted by Gasteiger charge is -2.28. The number of aliphatic hydroxyl groups is 5. The van der Waals surface area contributed by atoms with Crippen LogP contribution >= 0.6 is 7.60 Å². The maximum Gasteiger partial charge on any atom is 0.359 e. The maximum absolute atomic E-state index is 13.1. The molecule has 2 aliphatic rings. The van der Waals surface area contributed by atoms with Crippen LogP contribution in [0.1, 0.15) is 12.5 Å². The van der Waals surface area contributed by atoms with Gasteiger partial charge in [0.25, 0.3) is 0 Å². The lowest BCUT2D eigenvalue weighted by Crippen LogP contribution is -2.42. The molecule has 0 saturated carbocycles. The summed E-state index contributed by atoms with van der Waals surface area (Å²) in [6.45, 7) is -0.812. The first-order valence-corrected chi connectivity index (χ1v) is 13.0. The molecule has 2 fully saturated rings. The largest absolute Gasteiger partial charge is 0.394 e.